The average molecular weight is 478 g/mol. The van der Waals surface area contributed by atoms with Gasteiger partial charge in [-0.05, 0) is 49.4 Å². The van der Waals surface area contributed by atoms with Gasteiger partial charge in [-0.15, -0.1) is 11.6 Å². The van der Waals surface area contributed by atoms with Crippen LogP contribution in [0.4, 0.5) is 28.0 Å². The molecule has 33 heavy (non-hydrogen) atoms. The number of anilines is 1. The number of aryl methyl sites for hydroxylation is 1. The third-order valence-corrected chi connectivity index (χ3v) is 5.14. The molecule has 0 saturated heterocycles. The van der Waals surface area contributed by atoms with Gasteiger partial charge in [-0.3, -0.25) is 9.55 Å². The maximum absolute atomic E-state index is 15.2. The van der Waals surface area contributed by atoms with Gasteiger partial charge in [-0.1, -0.05) is 6.07 Å². The van der Waals surface area contributed by atoms with Gasteiger partial charge in [-0.25, -0.2) is 9.18 Å². The van der Waals surface area contributed by atoms with Gasteiger partial charge >= 0.3 is 12.2 Å². The van der Waals surface area contributed by atoms with E-state index in [2.05, 4.69) is 10.3 Å². The zero-order chi connectivity index (χ0) is 23.8. The first-order chi connectivity index (χ1) is 15.7. The van der Waals surface area contributed by atoms with Crippen molar-refractivity contribution in [3.63, 3.8) is 0 Å². The Hall–Kier alpha value is -3.59. The fourth-order valence-electron chi connectivity index (χ4n) is 3.38. The molecular formula is C23H16ClF4N3O2. The Labute approximate surface area is 190 Å². The average Bonchev–Trinajstić information content (AvgIpc) is 3.12. The molecule has 4 aromatic rings. The summed E-state index contributed by atoms with van der Waals surface area (Å²) >= 11 is 5.76. The zero-order valence-corrected chi connectivity index (χ0v) is 17.8. The second-order valence-corrected chi connectivity index (χ2v) is 7.43. The Bertz CT molecular complexity index is 1350. The largest absolute Gasteiger partial charge is 0.454 e. The summed E-state index contributed by atoms with van der Waals surface area (Å²) in [5.74, 6) is -0.241. The molecule has 0 fully saturated rings. The highest BCUT2D eigenvalue weighted by molar-refractivity contribution is 6.16. The van der Waals surface area contributed by atoms with Crippen molar-refractivity contribution in [3.05, 3.63) is 83.6 Å². The van der Waals surface area contributed by atoms with Crippen molar-refractivity contribution in [2.24, 2.45) is 0 Å². The molecule has 0 saturated carbocycles. The van der Waals surface area contributed by atoms with Gasteiger partial charge in [0.05, 0.1) is 22.7 Å². The summed E-state index contributed by atoms with van der Waals surface area (Å²) in [6, 6.07) is 11.0. The number of rotatable bonds is 4. The van der Waals surface area contributed by atoms with Crippen molar-refractivity contribution in [1.29, 1.82) is 0 Å². The first-order valence-corrected chi connectivity index (χ1v) is 10.2. The standard InChI is InChI=1S/C23H16ClF4N3O2/c1-13-9-18-19(5-6-20(21(18)25)33-17-7-8-29-16(11-17)12-24)31(13)22(32)30-15-4-2-3-14(10-15)23(26,27)28/h2-11H,12H2,1H3,(H,30,32). The van der Waals surface area contributed by atoms with Crippen molar-refractivity contribution >= 4 is 34.2 Å². The maximum atomic E-state index is 15.2. The van der Waals surface area contributed by atoms with Crippen molar-refractivity contribution in [2.75, 3.05) is 5.32 Å². The molecule has 2 aromatic heterocycles. The van der Waals surface area contributed by atoms with Crippen molar-refractivity contribution in [2.45, 2.75) is 19.0 Å². The summed E-state index contributed by atoms with van der Waals surface area (Å²) < 4.78 is 60.8. The second-order valence-electron chi connectivity index (χ2n) is 7.16. The Kier molecular flexibility index (Phi) is 5.99. The molecule has 4 rings (SSSR count). The molecule has 0 atom stereocenters. The lowest BCUT2D eigenvalue weighted by Gasteiger charge is -2.12. The number of benzene rings is 2. The van der Waals surface area contributed by atoms with Crippen molar-refractivity contribution < 1.29 is 27.1 Å². The van der Waals surface area contributed by atoms with Crippen LogP contribution in [0.15, 0.2) is 60.8 Å². The van der Waals surface area contributed by atoms with Crippen LogP contribution in [0, 0.1) is 12.7 Å². The smallest absolute Gasteiger partial charge is 0.416 e. The monoisotopic (exact) mass is 477 g/mol. The molecule has 170 valence electrons. The molecule has 10 heteroatoms. The SMILES string of the molecule is Cc1cc2c(F)c(Oc3ccnc(CCl)c3)ccc2n1C(=O)Nc1cccc(C(F)(F)F)c1. The summed E-state index contributed by atoms with van der Waals surface area (Å²) in [6.45, 7) is 1.58. The molecule has 0 spiro atoms. The van der Waals surface area contributed by atoms with E-state index in [1.54, 1.807) is 19.1 Å². The molecule has 1 amide bonds. The van der Waals surface area contributed by atoms with Crippen LogP contribution in [0.3, 0.4) is 0 Å². The number of halogens is 5. The number of ether oxygens (including phenoxy) is 1. The minimum Gasteiger partial charge on any atom is -0.454 e. The number of fused-ring (bicyclic) bond motifs is 1. The summed E-state index contributed by atoms with van der Waals surface area (Å²) in [4.78, 5) is 16.9. The number of alkyl halides is 4. The number of hydrogen-bond acceptors (Lipinski definition) is 3. The number of aromatic nitrogens is 2. The predicted molar refractivity (Wildman–Crippen MR) is 116 cm³/mol. The molecule has 1 N–H and O–H groups in total. The molecule has 0 radical (unpaired) electrons. The van der Waals surface area contributed by atoms with Gasteiger partial charge in [-0.2, -0.15) is 13.2 Å². The first kappa shape index (κ1) is 22.6. The molecule has 5 nitrogen and oxygen atoms in total. The lowest BCUT2D eigenvalue weighted by molar-refractivity contribution is -0.137. The minimum atomic E-state index is -4.55. The molecule has 2 heterocycles. The fraction of sp³-hybridized carbons (Fsp3) is 0.130. The third-order valence-electron chi connectivity index (χ3n) is 4.87. The number of carbonyl (C=O) groups excluding carboxylic acids is 1. The molecular weight excluding hydrogens is 462 g/mol. The van der Waals surface area contributed by atoms with Gasteiger partial charge < -0.3 is 10.1 Å². The topological polar surface area (TPSA) is 56.2 Å². The Morgan fingerprint density at radius 2 is 1.94 bits per heavy atom. The summed E-state index contributed by atoms with van der Waals surface area (Å²) in [6.07, 6.45) is -3.06. The van der Waals surface area contributed by atoms with Crippen LogP contribution >= 0.6 is 11.6 Å². The van der Waals surface area contributed by atoms with Crippen LogP contribution < -0.4 is 10.1 Å². The van der Waals surface area contributed by atoms with E-state index in [0.717, 1.165) is 12.1 Å². The molecule has 0 aliphatic carbocycles. The summed E-state index contributed by atoms with van der Waals surface area (Å²) in [5, 5.41) is 2.55. The lowest BCUT2D eigenvalue weighted by atomic mass is 10.2. The van der Waals surface area contributed by atoms with Crippen LogP contribution in [-0.4, -0.2) is 15.6 Å². The van der Waals surface area contributed by atoms with Crippen LogP contribution in [0.2, 0.25) is 0 Å². The number of nitrogens with one attached hydrogen (secondary N) is 1. The minimum absolute atomic E-state index is 0.0377. The third kappa shape index (κ3) is 4.63. The van der Waals surface area contributed by atoms with E-state index in [9.17, 15) is 18.0 Å². The van der Waals surface area contributed by atoms with E-state index in [4.69, 9.17) is 16.3 Å². The van der Waals surface area contributed by atoms with Crippen LogP contribution in [-0.2, 0) is 12.1 Å². The van der Waals surface area contributed by atoms with E-state index in [1.165, 1.54) is 41.1 Å². The Morgan fingerprint density at radius 1 is 1.15 bits per heavy atom. The number of amides is 1. The Balaban J connectivity index is 1.65. The summed E-state index contributed by atoms with van der Waals surface area (Å²) in [5.41, 5.74) is 0.251. The highest BCUT2D eigenvalue weighted by atomic mass is 35.5. The lowest BCUT2D eigenvalue weighted by Crippen LogP contribution is -2.20. The maximum Gasteiger partial charge on any atom is 0.416 e. The van der Waals surface area contributed by atoms with E-state index in [-0.39, 0.29) is 28.2 Å². The van der Waals surface area contributed by atoms with E-state index >= 15 is 4.39 Å². The van der Waals surface area contributed by atoms with Crippen LogP contribution in [0.5, 0.6) is 11.5 Å². The number of nitrogens with zero attached hydrogens (tertiary/aromatic N) is 2. The van der Waals surface area contributed by atoms with E-state index < -0.39 is 23.6 Å². The van der Waals surface area contributed by atoms with Crippen LogP contribution in [0.1, 0.15) is 17.0 Å². The molecule has 2 aromatic carbocycles. The van der Waals surface area contributed by atoms with Crippen molar-refractivity contribution in [1.82, 2.24) is 9.55 Å². The highest BCUT2D eigenvalue weighted by Gasteiger charge is 2.30. The second kappa shape index (κ2) is 8.74. The zero-order valence-electron chi connectivity index (χ0n) is 17.1. The van der Waals surface area contributed by atoms with E-state index in [0.29, 0.717) is 17.1 Å². The van der Waals surface area contributed by atoms with Crippen LogP contribution in [0.25, 0.3) is 10.9 Å². The first-order valence-electron chi connectivity index (χ1n) is 9.65. The quantitative estimate of drug-likeness (QED) is 0.251. The normalized spacial score (nSPS) is 11.6. The highest BCUT2D eigenvalue weighted by Crippen LogP contribution is 2.33. The number of pyridine rings is 1. The summed E-state index contributed by atoms with van der Waals surface area (Å²) in [7, 11) is 0. The Morgan fingerprint density at radius 3 is 2.67 bits per heavy atom. The predicted octanol–water partition coefficient (Wildman–Crippen LogP) is 7.11. The van der Waals surface area contributed by atoms with Gasteiger partial charge in [0.15, 0.2) is 11.6 Å². The molecule has 0 unspecified atom stereocenters. The number of hydrogen-bond donors (Lipinski definition) is 1. The van der Waals surface area contributed by atoms with Gasteiger partial charge in [0.2, 0.25) is 0 Å². The molecule has 0 aliphatic rings. The van der Waals surface area contributed by atoms with Gasteiger partial charge in [0, 0.05) is 29.0 Å². The van der Waals surface area contributed by atoms with Gasteiger partial charge in [0.1, 0.15) is 5.75 Å². The molecule has 0 bridgehead atoms. The number of carbonyl (C=O) groups is 1. The molecule has 0 aliphatic heterocycles. The fourth-order valence-corrected chi connectivity index (χ4v) is 3.53. The van der Waals surface area contributed by atoms with E-state index in [1.807, 2.05) is 0 Å². The van der Waals surface area contributed by atoms with Gasteiger partial charge in [0.25, 0.3) is 0 Å². The van der Waals surface area contributed by atoms with Crippen molar-refractivity contribution in [3.8, 4) is 11.5 Å².